The van der Waals surface area contributed by atoms with Crippen LogP contribution in [0, 0.1) is 0 Å². The van der Waals surface area contributed by atoms with Crippen LogP contribution >= 0.6 is 0 Å². The molecule has 0 aliphatic heterocycles. The number of benzene rings is 1. The van der Waals surface area contributed by atoms with Gasteiger partial charge in [0, 0.05) is 18.9 Å². The summed E-state index contributed by atoms with van der Waals surface area (Å²) < 4.78 is 51.1. The van der Waals surface area contributed by atoms with Crippen molar-refractivity contribution in [2.24, 2.45) is 0 Å². The third-order valence-electron chi connectivity index (χ3n) is 3.17. The number of rotatable bonds is 7. The van der Waals surface area contributed by atoms with Gasteiger partial charge in [-0.2, -0.15) is 0 Å². The van der Waals surface area contributed by atoms with Crippen LogP contribution in [0.4, 0.5) is 0 Å². The molecular weight excluding hydrogens is 324 g/mol. The Morgan fingerprint density at radius 3 is 2.09 bits per heavy atom. The summed E-state index contributed by atoms with van der Waals surface area (Å²) in [5, 5.41) is 0. The Labute approximate surface area is 130 Å². The molecule has 0 atom stereocenters. The van der Waals surface area contributed by atoms with E-state index in [2.05, 4.69) is 4.98 Å². The first-order valence-corrected chi connectivity index (χ1v) is 10.2. The molecule has 6 nitrogen and oxygen atoms in total. The molecule has 0 N–H and O–H groups in total. The smallest absolute Gasteiger partial charge is 0.181 e. The highest BCUT2D eigenvalue weighted by molar-refractivity contribution is 7.94. The highest BCUT2D eigenvalue weighted by Crippen LogP contribution is 2.23. The van der Waals surface area contributed by atoms with Gasteiger partial charge in [0.2, 0.25) is 0 Å². The van der Waals surface area contributed by atoms with Crippen LogP contribution in [0.3, 0.4) is 0 Å². The fourth-order valence-electron chi connectivity index (χ4n) is 2.10. The molecule has 0 spiro atoms. The molecule has 1 aromatic carbocycles. The summed E-state index contributed by atoms with van der Waals surface area (Å²) in [4.78, 5) is 3.62. The van der Waals surface area contributed by atoms with Gasteiger partial charge < -0.3 is 4.57 Å². The van der Waals surface area contributed by atoms with Crippen LogP contribution in [0.15, 0.2) is 52.8 Å². The molecule has 0 saturated carbocycles. The van der Waals surface area contributed by atoms with E-state index in [0.29, 0.717) is 6.42 Å². The van der Waals surface area contributed by atoms with Crippen molar-refractivity contribution in [1.82, 2.24) is 9.55 Å². The minimum atomic E-state index is -3.70. The number of nitrogens with zero attached hydrogens (tertiary/aromatic N) is 2. The second kappa shape index (κ2) is 6.62. The highest BCUT2D eigenvalue weighted by Gasteiger charge is 2.25. The van der Waals surface area contributed by atoms with E-state index in [1.165, 1.54) is 30.6 Å². The van der Waals surface area contributed by atoms with Gasteiger partial charge in [0.25, 0.3) is 0 Å². The van der Waals surface area contributed by atoms with Gasteiger partial charge in [-0.1, -0.05) is 19.1 Å². The van der Waals surface area contributed by atoms with Gasteiger partial charge in [0.05, 0.1) is 27.6 Å². The second-order valence-corrected chi connectivity index (χ2v) is 9.04. The van der Waals surface area contributed by atoms with Crippen molar-refractivity contribution in [2.75, 3.05) is 11.5 Å². The zero-order valence-corrected chi connectivity index (χ0v) is 13.8. The van der Waals surface area contributed by atoms with E-state index in [-0.39, 0.29) is 27.8 Å². The van der Waals surface area contributed by atoms with E-state index >= 15 is 0 Å². The predicted molar refractivity (Wildman–Crippen MR) is 83.1 cm³/mol. The molecule has 0 aliphatic rings. The topological polar surface area (TPSA) is 86.1 Å². The zero-order valence-electron chi connectivity index (χ0n) is 12.2. The number of imidazole rings is 1. The Hall–Kier alpha value is -1.67. The average molecular weight is 342 g/mol. The zero-order chi connectivity index (χ0) is 16.2. The van der Waals surface area contributed by atoms with E-state index in [9.17, 15) is 16.8 Å². The quantitative estimate of drug-likeness (QED) is 0.762. The Morgan fingerprint density at radius 1 is 1.00 bits per heavy atom. The van der Waals surface area contributed by atoms with E-state index in [1.807, 2.05) is 0 Å². The van der Waals surface area contributed by atoms with Crippen molar-refractivity contribution < 1.29 is 16.8 Å². The summed E-state index contributed by atoms with van der Waals surface area (Å²) in [7, 11) is -7.29. The van der Waals surface area contributed by atoms with Crippen LogP contribution in [0.25, 0.3) is 0 Å². The molecule has 120 valence electrons. The maximum Gasteiger partial charge on any atom is 0.181 e. The minimum Gasteiger partial charge on any atom is -0.336 e. The Bertz CT molecular complexity index is 825. The lowest BCUT2D eigenvalue weighted by molar-refractivity contribution is 0.578. The number of sulfone groups is 2. The molecule has 0 radical (unpaired) electrons. The highest BCUT2D eigenvalue weighted by atomic mass is 32.2. The van der Waals surface area contributed by atoms with Crippen LogP contribution in [-0.4, -0.2) is 37.9 Å². The average Bonchev–Trinajstić information content (AvgIpc) is 2.99. The Balaban J connectivity index is 2.35. The first kappa shape index (κ1) is 16.7. The van der Waals surface area contributed by atoms with Gasteiger partial charge >= 0.3 is 0 Å². The lowest BCUT2D eigenvalue weighted by atomic mass is 10.4. The molecule has 8 heteroatoms. The third kappa shape index (κ3) is 3.75. The summed E-state index contributed by atoms with van der Waals surface area (Å²) >= 11 is 0. The lowest BCUT2D eigenvalue weighted by Crippen LogP contribution is -2.17. The molecule has 22 heavy (non-hydrogen) atoms. The van der Waals surface area contributed by atoms with Crippen molar-refractivity contribution in [1.29, 1.82) is 0 Å². The van der Waals surface area contributed by atoms with E-state index < -0.39 is 19.7 Å². The summed E-state index contributed by atoms with van der Waals surface area (Å²) in [6, 6.07) is 5.79. The van der Waals surface area contributed by atoms with Crippen LogP contribution < -0.4 is 0 Å². The summed E-state index contributed by atoms with van der Waals surface area (Å²) in [6.07, 6.45) is 5.18. The summed E-state index contributed by atoms with van der Waals surface area (Å²) in [6.45, 7) is 1.97. The van der Waals surface area contributed by atoms with E-state index in [4.69, 9.17) is 0 Å². The number of aryl methyl sites for hydroxylation is 1. The predicted octanol–water partition coefficient (Wildman–Crippen LogP) is 1.54. The normalized spacial score (nSPS) is 12.4. The summed E-state index contributed by atoms with van der Waals surface area (Å²) in [5.74, 6) is -0.247. The van der Waals surface area contributed by atoms with Crippen LogP contribution in [0.1, 0.15) is 13.3 Å². The monoisotopic (exact) mass is 342 g/mol. The van der Waals surface area contributed by atoms with Crippen LogP contribution in [-0.2, 0) is 26.2 Å². The molecule has 0 bridgehead atoms. The van der Waals surface area contributed by atoms with Gasteiger partial charge in [-0.15, -0.1) is 0 Å². The van der Waals surface area contributed by atoms with Gasteiger partial charge in [-0.3, -0.25) is 0 Å². The van der Waals surface area contributed by atoms with Crippen LogP contribution in [0.5, 0.6) is 0 Å². The van der Waals surface area contributed by atoms with Crippen LogP contribution in [0.2, 0.25) is 0 Å². The fourth-order valence-corrected chi connectivity index (χ4v) is 5.61. The molecule has 0 amide bonds. The Morgan fingerprint density at radius 2 is 1.59 bits per heavy atom. The molecule has 1 aromatic heterocycles. The lowest BCUT2D eigenvalue weighted by Gasteiger charge is -2.11. The first-order chi connectivity index (χ1) is 10.4. The standard InChI is InChI=1S/C14H18N2O4S2/c1-2-10-21(17,18)13-5-3-4-6-14(13)22(19,20)11-9-16-8-7-15-12-16/h3-8,12H,2,9-11H2,1H3. The molecule has 0 unspecified atom stereocenters. The van der Waals surface area contributed by atoms with Gasteiger partial charge in [-0.05, 0) is 18.6 Å². The number of aromatic nitrogens is 2. The molecule has 0 fully saturated rings. The van der Waals surface area contributed by atoms with Crippen molar-refractivity contribution in [2.45, 2.75) is 29.7 Å². The SMILES string of the molecule is CCCS(=O)(=O)c1ccccc1S(=O)(=O)CCn1ccnc1. The largest absolute Gasteiger partial charge is 0.336 e. The van der Waals surface area contributed by atoms with Crippen molar-refractivity contribution in [3.63, 3.8) is 0 Å². The molecule has 2 aromatic rings. The van der Waals surface area contributed by atoms with Gasteiger partial charge in [-0.25, -0.2) is 21.8 Å². The number of hydrogen-bond acceptors (Lipinski definition) is 5. The third-order valence-corrected chi connectivity index (χ3v) is 7.02. The van der Waals surface area contributed by atoms with Gasteiger partial charge in [0.15, 0.2) is 19.7 Å². The molecule has 0 saturated heterocycles. The van der Waals surface area contributed by atoms with E-state index in [0.717, 1.165) is 0 Å². The maximum absolute atomic E-state index is 12.5. The van der Waals surface area contributed by atoms with Gasteiger partial charge in [0.1, 0.15) is 0 Å². The Kier molecular flexibility index (Phi) is 5.02. The fraction of sp³-hybridized carbons (Fsp3) is 0.357. The maximum atomic E-state index is 12.5. The van der Waals surface area contributed by atoms with E-state index in [1.54, 1.807) is 23.9 Å². The second-order valence-electron chi connectivity index (χ2n) is 4.88. The minimum absolute atomic E-state index is 0.0684. The number of hydrogen-bond donors (Lipinski definition) is 0. The summed E-state index contributed by atoms with van der Waals surface area (Å²) in [5.41, 5.74) is 0. The molecule has 2 rings (SSSR count). The van der Waals surface area contributed by atoms with Crippen molar-refractivity contribution in [3.05, 3.63) is 43.0 Å². The molecular formula is C14H18N2O4S2. The molecule has 1 heterocycles. The van der Waals surface area contributed by atoms with Crippen molar-refractivity contribution in [3.8, 4) is 0 Å². The molecule has 0 aliphatic carbocycles. The van der Waals surface area contributed by atoms with Crippen molar-refractivity contribution >= 4 is 19.7 Å². The first-order valence-electron chi connectivity index (χ1n) is 6.87.